The highest BCUT2D eigenvalue weighted by Gasteiger charge is 2.38. The molecule has 2 rings (SSSR count). The third-order valence-electron chi connectivity index (χ3n) is 3.39. The van der Waals surface area contributed by atoms with E-state index in [0.717, 1.165) is 23.5 Å². The Balaban J connectivity index is 1.98. The molecule has 2 unspecified atom stereocenters. The zero-order chi connectivity index (χ0) is 13.1. The maximum atomic E-state index is 11.7. The van der Waals surface area contributed by atoms with Crippen LogP contribution in [0.1, 0.15) is 18.9 Å². The first-order chi connectivity index (χ1) is 8.65. The summed E-state index contributed by atoms with van der Waals surface area (Å²) in [6.07, 6.45) is 1.01. The van der Waals surface area contributed by atoms with Crippen molar-refractivity contribution in [3.8, 4) is 11.5 Å². The molecule has 4 heteroatoms. The fraction of sp³-hybridized carbons (Fsp3) is 0.500. The molecule has 18 heavy (non-hydrogen) atoms. The molecule has 1 N–H and O–H groups in total. The number of hydrogen-bond donors (Lipinski definition) is 1. The first-order valence-electron chi connectivity index (χ1n) is 6.14. The predicted octanol–water partition coefficient (Wildman–Crippen LogP) is 1.98. The van der Waals surface area contributed by atoms with E-state index >= 15 is 0 Å². The summed E-state index contributed by atoms with van der Waals surface area (Å²) in [4.78, 5) is 11.7. The molecule has 0 aromatic heterocycles. The molecule has 0 bridgehead atoms. The Morgan fingerprint density at radius 2 is 2.11 bits per heavy atom. The van der Waals surface area contributed by atoms with E-state index in [4.69, 9.17) is 9.47 Å². The molecule has 1 aliphatic carbocycles. The van der Waals surface area contributed by atoms with E-state index in [1.165, 1.54) is 0 Å². The molecular weight excluding hydrogens is 230 g/mol. The van der Waals surface area contributed by atoms with Crippen molar-refractivity contribution < 1.29 is 14.3 Å². The number of ether oxygens (including phenoxy) is 2. The van der Waals surface area contributed by atoms with Crippen LogP contribution in [-0.2, 0) is 11.3 Å². The Hall–Kier alpha value is -1.71. The van der Waals surface area contributed by atoms with Gasteiger partial charge in [0, 0.05) is 24.1 Å². The van der Waals surface area contributed by atoms with Crippen LogP contribution in [0.4, 0.5) is 0 Å². The number of benzene rings is 1. The van der Waals surface area contributed by atoms with Crippen molar-refractivity contribution >= 4 is 5.91 Å². The van der Waals surface area contributed by atoms with Crippen LogP contribution < -0.4 is 14.8 Å². The van der Waals surface area contributed by atoms with Crippen molar-refractivity contribution in [1.29, 1.82) is 0 Å². The van der Waals surface area contributed by atoms with Gasteiger partial charge in [-0.05, 0) is 24.5 Å². The number of rotatable bonds is 5. The van der Waals surface area contributed by atoms with Gasteiger partial charge >= 0.3 is 0 Å². The minimum Gasteiger partial charge on any atom is -0.497 e. The third kappa shape index (κ3) is 2.75. The van der Waals surface area contributed by atoms with E-state index in [1.807, 2.05) is 18.2 Å². The Kier molecular flexibility index (Phi) is 3.75. The summed E-state index contributed by atoms with van der Waals surface area (Å²) in [5.74, 6) is 2.36. The summed E-state index contributed by atoms with van der Waals surface area (Å²) in [5, 5.41) is 2.94. The summed E-state index contributed by atoms with van der Waals surface area (Å²) in [6.45, 7) is 2.59. The SMILES string of the molecule is COc1ccc(CNC(=O)C2CC2C)c(OC)c1. The van der Waals surface area contributed by atoms with Crippen LogP contribution in [0, 0.1) is 11.8 Å². The van der Waals surface area contributed by atoms with Gasteiger partial charge < -0.3 is 14.8 Å². The number of hydrogen-bond acceptors (Lipinski definition) is 3. The minimum atomic E-state index is 0.139. The number of methoxy groups -OCH3 is 2. The molecule has 0 radical (unpaired) electrons. The van der Waals surface area contributed by atoms with Gasteiger partial charge in [0.25, 0.3) is 0 Å². The van der Waals surface area contributed by atoms with E-state index in [2.05, 4.69) is 12.2 Å². The van der Waals surface area contributed by atoms with Crippen molar-refractivity contribution in [1.82, 2.24) is 5.32 Å². The number of carbonyl (C=O) groups is 1. The Morgan fingerprint density at radius 3 is 2.67 bits per heavy atom. The number of nitrogens with one attached hydrogen (secondary N) is 1. The summed E-state index contributed by atoms with van der Waals surface area (Å²) < 4.78 is 10.4. The van der Waals surface area contributed by atoms with Crippen molar-refractivity contribution in [2.45, 2.75) is 19.9 Å². The van der Waals surface area contributed by atoms with E-state index in [-0.39, 0.29) is 11.8 Å². The topological polar surface area (TPSA) is 47.6 Å². The largest absolute Gasteiger partial charge is 0.497 e. The van der Waals surface area contributed by atoms with Crippen molar-refractivity contribution in [3.05, 3.63) is 23.8 Å². The number of carbonyl (C=O) groups excluding carboxylic acids is 1. The molecule has 1 amide bonds. The number of amides is 1. The average Bonchev–Trinajstić information content (AvgIpc) is 3.13. The van der Waals surface area contributed by atoms with E-state index in [9.17, 15) is 4.79 Å². The molecule has 1 aliphatic rings. The summed E-state index contributed by atoms with van der Waals surface area (Å²) in [5.41, 5.74) is 0.958. The molecule has 1 aromatic carbocycles. The quantitative estimate of drug-likeness (QED) is 0.868. The van der Waals surface area contributed by atoms with Crippen molar-refractivity contribution in [3.63, 3.8) is 0 Å². The van der Waals surface area contributed by atoms with E-state index in [0.29, 0.717) is 12.5 Å². The summed E-state index contributed by atoms with van der Waals surface area (Å²) in [7, 11) is 3.23. The molecule has 98 valence electrons. The smallest absolute Gasteiger partial charge is 0.223 e. The lowest BCUT2D eigenvalue weighted by molar-refractivity contribution is -0.122. The van der Waals surface area contributed by atoms with Gasteiger partial charge in [-0.3, -0.25) is 4.79 Å². The van der Waals surface area contributed by atoms with Crippen LogP contribution in [0.15, 0.2) is 18.2 Å². The fourth-order valence-electron chi connectivity index (χ4n) is 2.00. The lowest BCUT2D eigenvalue weighted by atomic mass is 10.2. The van der Waals surface area contributed by atoms with Crippen LogP contribution in [0.5, 0.6) is 11.5 Å². The molecule has 1 fully saturated rings. The lowest BCUT2D eigenvalue weighted by Gasteiger charge is -2.11. The van der Waals surface area contributed by atoms with Gasteiger partial charge in [-0.25, -0.2) is 0 Å². The van der Waals surface area contributed by atoms with Gasteiger partial charge in [0.2, 0.25) is 5.91 Å². The first-order valence-corrected chi connectivity index (χ1v) is 6.14. The molecule has 1 aromatic rings. The zero-order valence-electron chi connectivity index (χ0n) is 11.0. The van der Waals surface area contributed by atoms with Gasteiger partial charge in [0.1, 0.15) is 11.5 Å². The second-order valence-electron chi connectivity index (χ2n) is 4.72. The fourth-order valence-corrected chi connectivity index (χ4v) is 2.00. The van der Waals surface area contributed by atoms with Crippen LogP contribution in [0.3, 0.4) is 0 Å². The Bertz CT molecular complexity index is 445. The molecule has 2 atom stereocenters. The van der Waals surface area contributed by atoms with Gasteiger partial charge in [0.05, 0.1) is 14.2 Å². The predicted molar refractivity (Wildman–Crippen MR) is 68.7 cm³/mol. The van der Waals surface area contributed by atoms with Crippen molar-refractivity contribution in [2.75, 3.05) is 14.2 Å². The monoisotopic (exact) mass is 249 g/mol. The highest BCUT2D eigenvalue weighted by Crippen LogP contribution is 2.37. The molecular formula is C14H19NO3. The molecule has 0 heterocycles. The lowest BCUT2D eigenvalue weighted by Crippen LogP contribution is -2.25. The van der Waals surface area contributed by atoms with Crippen LogP contribution in [-0.4, -0.2) is 20.1 Å². The van der Waals surface area contributed by atoms with Crippen molar-refractivity contribution in [2.24, 2.45) is 11.8 Å². The van der Waals surface area contributed by atoms with Gasteiger partial charge in [-0.1, -0.05) is 6.92 Å². The third-order valence-corrected chi connectivity index (χ3v) is 3.39. The zero-order valence-corrected chi connectivity index (χ0v) is 11.0. The van der Waals surface area contributed by atoms with Crippen LogP contribution >= 0.6 is 0 Å². The molecule has 0 saturated heterocycles. The van der Waals surface area contributed by atoms with Gasteiger partial charge in [-0.15, -0.1) is 0 Å². The second-order valence-corrected chi connectivity index (χ2v) is 4.72. The Labute approximate surface area is 107 Å². The maximum Gasteiger partial charge on any atom is 0.223 e. The van der Waals surface area contributed by atoms with Crippen LogP contribution in [0.2, 0.25) is 0 Å². The normalized spacial score (nSPS) is 21.3. The highest BCUT2D eigenvalue weighted by atomic mass is 16.5. The van der Waals surface area contributed by atoms with Gasteiger partial charge in [0.15, 0.2) is 0 Å². The van der Waals surface area contributed by atoms with Crippen LogP contribution in [0.25, 0.3) is 0 Å². The molecule has 1 saturated carbocycles. The highest BCUT2D eigenvalue weighted by molar-refractivity contribution is 5.81. The first kappa shape index (κ1) is 12.7. The molecule has 4 nitrogen and oxygen atoms in total. The Morgan fingerprint density at radius 1 is 1.39 bits per heavy atom. The summed E-state index contributed by atoms with van der Waals surface area (Å²) >= 11 is 0. The molecule has 0 spiro atoms. The standard InChI is InChI=1S/C14H19NO3/c1-9-6-12(9)14(16)15-8-10-4-5-11(17-2)7-13(10)18-3/h4-5,7,9,12H,6,8H2,1-3H3,(H,15,16). The minimum absolute atomic E-state index is 0.139. The summed E-state index contributed by atoms with van der Waals surface area (Å²) in [6, 6.07) is 5.60. The molecule has 0 aliphatic heterocycles. The van der Waals surface area contributed by atoms with E-state index in [1.54, 1.807) is 14.2 Å². The second kappa shape index (κ2) is 5.29. The van der Waals surface area contributed by atoms with Gasteiger partial charge in [-0.2, -0.15) is 0 Å². The maximum absolute atomic E-state index is 11.7. The van der Waals surface area contributed by atoms with E-state index < -0.39 is 0 Å². The average molecular weight is 249 g/mol.